The maximum absolute atomic E-state index is 11.6. The molecule has 19 heavy (non-hydrogen) atoms. The van der Waals surface area contributed by atoms with Crippen molar-refractivity contribution in [3.8, 4) is 0 Å². The van der Waals surface area contributed by atoms with Gasteiger partial charge in [0.25, 0.3) is 0 Å². The summed E-state index contributed by atoms with van der Waals surface area (Å²) >= 11 is 0. The Morgan fingerprint density at radius 3 is 2.84 bits per heavy atom. The van der Waals surface area contributed by atoms with E-state index in [0.717, 1.165) is 32.5 Å². The van der Waals surface area contributed by atoms with Crippen LogP contribution in [0, 0.1) is 0 Å². The van der Waals surface area contributed by atoms with Crippen LogP contribution in [-0.2, 0) is 19.0 Å². The Morgan fingerprint density at radius 1 is 1.47 bits per heavy atom. The van der Waals surface area contributed by atoms with Crippen LogP contribution in [0.5, 0.6) is 0 Å². The van der Waals surface area contributed by atoms with Gasteiger partial charge in [-0.3, -0.25) is 9.69 Å². The highest BCUT2D eigenvalue weighted by atomic mass is 16.6. The topological polar surface area (TPSA) is 48.0 Å². The van der Waals surface area contributed by atoms with Crippen molar-refractivity contribution >= 4 is 5.97 Å². The van der Waals surface area contributed by atoms with Crippen LogP contribution in [0.3, 0.4) is 0 Å². The lowest BCUT2D eigenvalue weighted by atomic mass is 9.88. The van der Waals surface area contributed by atoms with Gasteiger partial charge in [-0.15, -0.1) is 0 Å². The lowest BCUT2D eigenvalue weighted by Crippen LogP contribution is -2.52. The van der Waals surface area contributed by atoms with E-state index in [-0.39, 0.29) is 11.6 Å². The second-order valence-corrected chi connectivity index (χ2v) is 5.82. The van der Waals surface area contributed by atoms with E-state index < -0.39 is 0 Å². The second kappa shape index (κ2) is 6.20. The number of nitrogens with zero attached hydrogens (tertiary/aromatic N) is 1. The molecule has 2 unspecified atom stereocenters. The molecule has 0 saturated carbocycles. The molecule has 2 heterocycles. The molecule has 2 saturated heterocycles. The van der Waals surface area contributed by atoms with Crippen molar-refractivity contribution in [1.82, 2.24) is 4.90 Å². The Morgan fingerprint density at radius 2 is 2.26 bits per heavy atom. The Labute approximate surface area is 115 Å². The van der Waals surface area contributed by atoms with Gasteiger partial charge in [0.2, 0.25) is 0 Å². The summed E-state index contributed by atoms with van der Waals surface area (Å²) in [6.45, 7) is 6.82. The molecule has 1 spiro atoms. The first-order chi connectivity index (χ1) is 9.06. The molecule has 2 fully saturated rings. The first-order valence-electron chi connectivity index (χ1n) is 7.10. The minimum atomic E-state index is -0.170. The molecule has 0 aromatic rings. The van der Waals surface area contributed by atoms with Gasteiger partial charge in [-0.25, -0.2) is 0 Å². The van der Waals surface area contributed by atoms with Crippen molar-refractivity contribution in [2.24, 2.45) is 0 Å². The predicted octanol–water partition coefficient (Wildman–Crippen LogP) is 1.21. The van der Waals surface area contributed by atoms with Crippen LogP contribution < -0.4 is 0 Å². The number of methoxy groups -OCH3 is 1. The molecule has 2 rings (SSSR count). The molecule has 0 radical (unpaired) electrons. The molecule has 0 amide bonds. The van der Waals surface area contributed by atoms with Crippen LogP contribution in [0.25, 0.3) is 0 Å². The summed E-state index contributed by atoms with van der Waals surface area (Å²) < 4.78 is 16.2. The Bertz CT molecular complexity index is 313. The summed E-state index contributed by atoms with van der Waals surface area (Å²) in [7, 11) is 1.44. The van der Waals surface area contributed by atoms with Crippen molar-refractivity contribution in [2.75, 3.05) is 33.5 Å². The van der Waals surface area contributed by atoms with Crippen LogP contribution in [-0.4, -0.2) is 62.0 Å². The van der Waals surface area contributed by atoms with Gasteiger partial charge in [0.1, 0.15) is 0 Å². The van der Waals surface area contributed by atoms with E-state index in [1.165, 1.54) is 7.11 Å². The number of hydrogen-bond acceptors (Lipinski definition) is 5. The number of carbonyl (C=O) groups excluding carboxylic acids is 1. The van der Waals surface area contributed by atoms with Crippen LogP contribution in [0.2, 0.25) is 0 Å². The van der Waals surface area contributed by atoms with Gasteiger partial charge < -0.3 is 14.2 Å². The van der Waals surface area contributed by atoms with Gasteiger partial charge in [0, 0.05) is 31.7 Å². The van der Waals surface area contributed by atoms with E-state index in [1.54, 1.807) is 0 Å². The standard InChI is InChI=1S/C14H25NO4/c1-11(2)15(9-13(16)17-3)12-4-6-19-14(8-12)5-7-18-10-14/h11-12H,4-10H2,1-3H3. The second-order valence-electron chi connectivity index (χ2n) is 5.82. The summed E-state index contributed by atoms with van der Waals surface area (Å²) in [6.07, 6.45) is 2.88. The third-order valence-corrected chi connectivity index (χ3v) is 4.21. The molecule has 2 aliphatic rings. The lowest BCUT2D eigenvalue weighted by Gasteiger charge is -2.43. The van der Waals surface area contributed by atoms with E-state index >= 15 is 0 Å². The quantitative estimate of drug-likeness (QED) is 0.719. The van der Waals surface area contributed by atoms with Gasteiger partial charge >= 0.3 is 5.97 Å². The van der Waals surface area contributed by atoms with Gasteiger partial charge in [0.15, 0.2) is 0 Å². The highest BCUT2D eigenvalue weighted by Crippen LogP contribution is 2.35. The van der Waals surface area contributed by atoms with E-state index in [1.807, 2.05) is 0 Å². The highest BCUT2D eigenvalue weighted by molar-refractivity contribution is 5.71. The van der Waals surface area contributed by atoms with Crippen molar-refractivity contribution in [3.05, 3.63) is 0 Å². The Kier molecular flexibility index (Phi) is 4.81. The number of esters is 1. The summed E-state index contributed by atoms with van der Waals surface area (Å²) in [5.74, 6) is -0.170. The molecule has 0 aromatic heterocycles. The van der Waals surface area contributed by atoms with Crippen molar-refractivity contribution in [1.29, 1.82) is 0 Å². The summed E-state index contributed by atoms with van der Waals surface area (Å²) in [4.78, 5) is 13.8. The molecule has 0 aromatic carbocycles. The normalized spacial score (nSPS) is 31.3. The number of rotatable bonds is 4. The summed E-state index contributed by atoms with van der Waals surface area (Å²) in [5, 5.41) is 0. The average molecular weight is 271 g/mol. The Balaban J connectivity index is 2.02. The summed E-state index contributed by atoms with van der Waals surface area (Å²) in [5.41, 5.74) is -0.119. The molecule has 5 heteroatoms. The molecule has 0 bridgehead atoms. The average Bonchev–Trinajstić information content (AvgIpc) is 2.83. The number of ether oxygens (including phenoxy) is 3. The minimum Gasteiger partial charge on any atom is -0.468 e. The summed E-state index contributed by atoms with van der Waals surface area (Å²) in [6, 6.07) is 0.691. The van der Waals surface area contributed by atoms with Crippen LogP contribution in [0.4, 0.5) is 0 Å². The molecule has 0 N–H and O–H groups in total. The molecule has 2 atom stereocenters. The van der Waals surface area contributed by atoms with Crippen molar-refractivity contribution in [3.63, 3.8) is 0 Å². The Hall–Kier alpha value is -0.650. The fourth-order valence-electron chi connectivity index (χ4n) is 3.10. The smallest absolute Gasteiger partial charge is 0.319 e. The van der Waals surface area contributed by atoms with Crippen molar-refractivity contribution in [2.45, 2.75) is 50.8 Å². The fourth-order valence-corrected chi connectivity index (χ4v) is 3.10. The first kappa shape index (κ1) is 14.8. The van der Waals surface area contributed by atoms with Gasteiger partial charge in [-0.05, 0) is 26.7 Å². The molecular formula is C14H25NO4. The number of hydrogen-bond donors (Lipinski definition) is 0. The third kappa shape index (κ3) is 3.46. The first-order valence-corrected chi connectivity index (χ1v) is 7.10. The zero-order valence-corrected chi connectivity index (χ0v) is 12.2. The predicted molar refractivity (Wildman–Crippen MR) is 71.0 cm³/mol. The van der Waals surface area contributed by atoms with E-state index in [4.69, 9.17) is 14.2 Å². The molecular weight excluding hydrogens is 246 g/mol. The fraction of sp³-hybridized carbons (Fsp3) is 0.929. The zero-order valence-electron chi connectivity index (χ0n) is 12.2. The van der Waals surface area contributed by atoms with Crippen LogP contribution in [0.1, 0.15) is 33.1 Å². The maximum atomic E-state index is 11.6. The van der Waals surface area contributed by atoms with E-state index in [9.17, 15) is 4.79 Å². The van der Waals surface area contributed by atoms with E-state index in [0.29, 0.717) is 25.2 Å². The van der Waals surface area contributed by atoms with Crippen LogP contribution in [0.15, 0.2) is 0 Å². The van der Waals surface area contributed by atoms with E-state index in [2.05, 4.69) is 18.7 Å². The molecule has 5 nitrogen and oxygen atoms in total. The lowest BCUT2D eigenvalue weighted by molar-refractivity contribution is -0.147. The zero-order chi connectivity index (χ0) is 13.9. The minimum absolute atomic E-state index is 0.119. The molecule has 110 valence electrons. The maximum Gasteiger partial charge on any atom is 0.319 e. The number of carbonyl (C=O) groups is 1. The highest BCUT2D eigenvalue weighted by Gasteiger charge is 2.43. The SMILES string of the molecule is COC(=O)CN(C(C)C)C1CCOC2(CCOC2)C1. The third-order valence-electron chi connectivity index (χ3n) is 4.21. The molecule has 0 aliphatic carbocycles. The van der Waals surface area contributed by atoms with Gasteiger partial charge in [-0.1, -0.05) is 0 Å². The van der Waals surface area contributed by atoms with Crippen molar-refractivity contribution < 1.29 is 19.0 Å². The van der Waals surface area contributed by atoms with Gasteiger partial charge in [0.05, 0.1) is 25.9 Å². The largest absolute Gasteiger partial charge is 0.468 e. The van der Waals surface area contributed by atoms with Gasteiger partial charge in [-0.2, -0.15) is 0 Å². The van der Waals surface area contributed by atoms with Crippen LogP contribution >= 0.6 is 0 Å². The monoisotopic (exact) mass is 271 g/mol. The molecule has 2 aliphatic heterocycles.